The van der Waals surface area contributed by atoms with Crippen LogP contribution in [-0.2, 0) is 0 Å². The summed E-state index contributed by atoms with van der Waals surface area (Å²) in [6.45, 7) is 2.26. The molecule has 0 aromatic heterocycles. The van der Waals surface area contributed by atoms with Gasteiger partial charge in [-0.15, -0.1) is 0 Å². The van der Waals surface area contributed by atoms with Crippen LogP contribution in [0.5, 0.6) is 0 Å². The van der Waals surface area contributed by atoms with Crippen LogP contribution >= 0.6 is 15.9 Å². The van der Waals surface area contributed by atoms with Crippen molar-refractivity contribution in [3.8, 4) is 0 Å². The summed E-state index contributed by atoms with van der Waals surface area (Å²) in [5.74, 6) is 0. The van der Waals surface area contributed by atoms with Crippen molar-refractivity contribution in [1.82, 2.24) is 5.32 Å². The van der Waals surface area contributed by atoms with E-state index in [-0.39, 0.29) is 0 Å². The predicted octanol–water partition coefficient (Wildman–Crippen LogP) is 4.43. The summed E-state index contributed by atoms with van der Waals surface area (Å²) in [5, 5.41) is 3.75. The Balaban J connectivity index is 1.96. The van der Waals surface area contributed by atoms with Gasteiger partial charge in [0.2, 0.25) is 0 Å². The molecule has 0 saturated heterocycles. The number of hydrogen-bond donors (Lipinski definition) is 1. The number of hydrogen-bond acceptors (Lipinski definition) is 1. The fourth-order valence-corrected chi connectivity index (χ4v) is 3.17. The third kappa shape index (κ3) is 3.08. The van der Waals surface area contributed by atoms with Crippen molar-refractivity contribution < 1.29 is 0 Å². The van der Waals surface area contributed by atoms with E-state index in [2.05, 4.69) is 52.4 Å². The van der Waals surface area contributed by atoms with E-state index in [0.29, 0.717) is 6.04 Å². The largest absolute Gasteiger partial charge is 0.307 e. The topological polar surface area (TPSA) is 12.0 Å². The van der Waals surface area contributed by atoms with E-state index in [1.54, 1.807) is 0 Å². The third-order valence-electron chi connectivity index (χ3n) is 3.46. The molecule has 88 valence electrons. The van der Waals surface area contributed by atoms with Gasteiger partial charge in [-0.1, -0.05) is 53.4 Å². The lowest BCUT2D eigenvalue weighted by Gasteiger charge is -2.27. The van der Waals surface area contributed by atoms with Crippen LogP contribution in [0, 0.1) is 0 Å². The second kappa shape index (κ2) is 5.83. The van der Waals surface area contributed by atoms with Gasteiger partial charge in [0.15, 0.2) is 0 Å². The van der Waals surface area contributed by atoms with Crippen molar-refractivity contribution in [2.24, 2.45) is 0 Å². The first-order chi connectivity index (χ1) is 7.77. The number of rotatable bonds is 3. The fraction of sp³-hybridized carbons (Fsp3) is 0.571. The average molecular weight is 282 g/mol. The summed E-state index contributed by atoms with van der Waals surface area (Å²) in [6.07, 6.45) is 6.88. The Labute approximate surface area is 107 Å². The Morgan fingerprint density at radius 2 is 1.88 bits per heavy atom. The van der Waals surface area contributed by atoms with Crippen molar-refractivity contribution >= 4 is 15.9 Å². The Morgan fingerprint density at radius 3 is 2.56 bits per heavy atom. The molecular weight excluding hydrogens is 262 g/mol. The normalized spacial score (nSPS) is 19.6. The average Bonchev–Trinajstić information content (AvgIpc) is 2.31. The zero-order valence-electron chi connectivity index (χ0n) is 9.88. The van der Waals surface area contributed by atoms with E-state index in [0.717, 1.165) is 6.04 Å². The minimum absolute atomic E-state index is 0.443. The van der Waals surface area contributed by atoms with Crippen molar-refractivity contribution in [1.29, 1.82) is 0 Å². The van der Waals surface area contributed by atoms with Gasteiger partial charge in [0.25, 0.3) is 0 Å². The van der Waals surface area contributed by atoms with Crippen LogP contribution in [0.3, 0.4) is 0 Å². The van der Waals surface area contributed by atoms with Crippen LogP contribution in [0.1, 0.15) is 50.6 Å². The minimum atomic E-state index is 0.443. The van der Waals surface area contributed by atoms with Crippen LogP contribution in [-0.4, -0.2) is 6.04 Å². The molecule has 0 radical (unpaired) electrons. The van der Waals surface area contributed by atoms with Crippen LogP contribution in [0.4, 0.5) is 0 Å². The minimum Gasteiger partial charge on any atom is -0.307 e. The number of benzene rings is 1. The Kier molecular flexibility index (Phi) is 4.42. The predicted molar refractivity (Wildman–Crippen MR) is 72.6 cm³/mol. The molecule has 0 aliphatic heterocycles. The molecule has 16 heavy (non-hydrogen) atoms. The summed E-state index contributed by atoms with van der Waals surface area (Å²) >= 11 is 3.62. The lowest BCUT2D eigenvalue weighted by molar-refractivity contribution is 0.346. The zero-order valence-corrected chi connectivity index (χ0v) is 11.5. The molecule has 1 aliphatic rings. The maximum Gasteiger partial charge on any atom is 0.0305 e. The molecule has 1 aromatic carbocycles. The van der Waals surface area contributed by atoms with Gasteiger partial charge in [-0.25, -0.2) is 0 Å². The molecule has 0 heterocycles. The molecule has 1 atom stereocenters. The lowest BCUT2D eigenvalue weighted by Crippen LogP contribution is -2.33. The van der Waals surface area contributed by atoms with Crippen LogP contribution in [0.15, 0.2) is 28.7 Å². The van der Waals surface area contributed by atoms with E-state index in [1.165, 1.54) is 42.1 Å². The number of nitrogens with one attached hydrogen (secondary N) is 1. The van der Waals surface area contributed by atoms with Gasteiger partial charge < -0.3 is 5.32 Å². The van der Waals surface area contributed by atoms with E-state index >= 15 is 0 Å². The van der Waals surface area contributed by atoms with Crippen molar-refractivity contribution in [3.05, 3.63) is 34.3 Å². The molecule has 0 bridgehead atoms. The van der Waals surface area contributed by atoms with Gasteiger partial charge in [0.1, 0.15) is 0 Å². The maximum atomic E-state index is 3.75. The molecule has 2 rings (SSSR count). The third-order valence-corrected chi connectivity index (χ3v) is 4.18. The molecule has 0 spiro atoms. The first kappa shape index (κ1) is 12.1. The van der Waals surface area contributed by atoms with Crippen LogP contribution < -0.4 is 5.32 Å². The second-order valence-electron chi connectivity index (χ2n) is 4.74. The highest BCUT2D eigenvalue weighted by atomic mass is 79.9. The van der Waals surface area contributed by atoms with E-state index in [1.807, 2.05) is 0 Å². The Morgan fingerprint density at radius 1 is 1.19 bits per heavy atom. The highest BCUT2D eigenvalue weighted by Gasteiger charge is 2.17. The smallest absolute Gasteiger partial charge is 0.0305 e. The molecule has 1 aromatic rings. The standard InChI is InChI=1S/C14H20BrN/c1-11(13-9-5-6-10-14(13)15)16-12-7-3-2-4-8-12/h5-6,9-12,16H,2-4,7-8H2,1H3/t11-/m1/s1. The monoisotopic (exact) mass is 281 g/mol. The highest BCUT2D eigenvalue weighted by molar-refractivity contribution is 9.10. The van der Waals surface area contributed by atoms with Crippen molar-refractivity contribution in [2.45, 2.75) is 51.1 Å². The SMILES string of the molecule is C[C@@H](NC1CCCCC1)c1ccccc1Br. The van der Waals surface area contributed by atoms with Gasteiger partial charge in [-0.2, -0.15) is 0 Å². The lowest BCUT2D eigenvalue weighted by atomic mass is 9.94. The molecular formula is C14H20BrN. The molecule has 1 nitrogen and oxygen atoms in total. The molecule has 1 saturated carbocycles. The Bertz CT molecular complexity index is 331. The summed E-state index contributed by atoms with van der Waals surface area (Å²) < 4.78 is 1.21. The fourth-order valence-electron chi connectivity index (χ4n) is 2.54. The zero-order chi connectivity index (χ0) is 11.4. The molecule has 0 unspecified atom stereocenters. The maximum absolute atomic E-state index is 3.75. The van der Waals surface area contributed by atoms with Gasteiger partial charge in [-0.05, 0) is 31.4 Å². The van der Waals surface area contributed by atoms with Gasteiger partial charge >= 0.3 is 0 Å². The van der Waals surface area contributed by atoms with Gasteiger partial charge in [-0.3, -0.25) is 0 Å². The number of halogens is 1. The van der Waals surface area contributed by atoms with Gasteiger partial charge in [0.05, 0.1) is 0 Å². The van der Waals surface area contributed by atoms with E-state index in [4.69, 9.17) is 0 Å². The molecule has 1 N–H and O–H groups in total. The van der Waals surface area contributed by atoms with Crippen LogP contribution in [0.2, 0.25) is 0 Å². The molecule has 1 fully saturated rings. The van der Waals surface area contributed by atoms with Crippen molar-refractivity contribution in [3.63, 3.8) is 0 Å². The van der Waals surface area contributed by atoms with E-state index < -0.39 is 0 Å². The molecule has 1 aliphatic carbocycles. The second-order valence-corrected chi connectivity index (χ2v) is 5.60. The van der Waals surface area contributed by atoms with Gasteiger partial charge in [0, 0.05) is 16.6 Å². The van der Waals surface area contributed by atoms with Crippen molar-refractivity contribution in [2.75, 3.05) is 0 Å². The van der Waals surface area contributed by atoms with Crippen LogP contribution in [0.25, 0.3) is 0 Å². The summed E-state index contributed by atoms with van der Waals surface area (Å²) in [6, 6.07) is 9.66. The summed E-state index contributed by atoms with van der Waals surface area (Å²) in [5.41, 5.74) is 1.37. The first-order valence-corrected chi connectivity index (χ1v) is 7.07. The molecule has 2 heteroatoms. The summed E-state index contributed by atoms with van der Waals surface area (Å²) in [4.78, 5) is 0. The van der Waals surface area contributed by atoms with E-state index in [9.17, 15) is 0 Å². The summed E-state index contributed by atoms with van der Waals surface area (Å²) in [7, 11) is 0. The first-order valence-electron chi connectivity index (χ1n) is 6.28. The quantitative estimate of drug-likeness (QED) is 0.864. The Hall–Kier alpha value is -0.340. The molecule has 0 amide bonds. The highest BCUT2D eigenvalue weighted by Crippen LogP contribution is 2.25.